The van der Waals surface area contributed by atoms with Crippen molar-refractivity contribution >= 4 is 52.4 Å². The number of halogens is 3. The average Bonchev–Trinajstić information content (AvgIpc) is 2.63. The predicted octanol–water partition coefficient (Wildman–Crippen LogP) is 4.28. The maximum Gasteiger partial charge on any atom is 0.359 e. The van der Waals surface area contributed by atoms with Crippen molar-refractivity contribution in [3.63, 3.8) is 0 Å². The standard InChI is InChI=1S/C18H18Cl3N3O3/c1-8-4-5-11(6-9(8)2)10(3)23-12(25)7-27-18(26)16-13(19)15(22)14(20)17(21)24-16/h4-6,10H,7H2,1-3H3,(H2,22,24)(H,23,25). The van der Waals surface area contributed by atoms with Crippen LogP contribution in [0.4, 0.5) is 5.69 Å². The third-order valence-electron chi connectivity index (χ3n) is 4.01. The van der Waals surface area contributed by atoms with Crippen LogP contribution in [0.15, 0.2) is 18.2 Å². The van der Waals surface area contributed by atoms with E-state index in [1.807, 2.05) is 39.0 Å². The number of hydrogen-bond acceptors (Lipinski definition) is 5. The predicted molar refractivity (Wildman–Crippen MR) is 106 cm³/mol. The number of amides is 1. The maximum atomic E-state index is 12.1. The number of rotatable bonds is 5. The topological polar surface area (TPSA) is 94.3 Å². The van der Waals surface area contributed by atoms with Gasteiger partial charge in [0.1, 0.15) is 5.02 Å². The summed E-state index contributed by atoms with van der Waals surface area (Å²) in [5, 5.41) is 2.33. The molecule has 0 bridgehead atoms. The second-order valence-corrected chi connectivity index (χ2v) is 7.12. The van der Waals surface area contributed by atoms with Gasteiger partial charge in [-0.2, -0.15) is 0 Å². The summed E-state index contributed by atoms with van der Waals surface area (Å²) in [5.41, 5.74) is 8.49. The van der Waals surface area contributed by atoms with E-state index in [1.54, 1.807) is 0 Å². The molecule has 0 aliphatic rings. The summed E-state index contributed by atoms with van der Waals surface area (Å²) in [6.07, 6.45) is 0. The zero-order valence-corrected chi connectivity index (χ0v) is 17.2. The molecule has 0 aliphatic carbocycles. The van der Waals surface area contributed by atoms with Gasteiger partial charge in [-0.25, -0.2) is 9.78 Å². The molecule has 0 spiro atoms. The van der Waals surface area contributed by atoms with Crippen LogP contribution in [0, 0.1) is 13.8 Å². The van der Waals surface area contributed by atoms with E-state index >= 15 is 0 Å². The van der Waals surface area contributed by atoms with Crippen molar-refractivity contribution in [1.29, 1.82) is 0 Å². The lowest BCUT2D eigenvalue weighted by atomic mass is 10.0. The van der Waals surface area contributed by atoms with Gasteiger partial charge in [0.15, 0.2) is 17.5 Å². The number of ether oxygens (including phenoxy) is 1. The number of nitrogens with one attached hydrogen (secondary N) is 1. The van der Waals surface area contributed by atoms with Crippen LogP contribution in [0.2, 0.25) is 15.2 Å². The van der Waals surface area contributed by atoms with Crippen molar-refractivity contribution < 1.29 is 14.3 Å². The van der Waals surface area contributed by atoms with Gasteiger partial charge in [-0.3, -0.25) is 4.79 Å². The minimum Gasteiger partial charge on any atom is -0.451 e. The fraction of sp³-hybridized carbons (Fsp3) is 0.278. The molecule has 1 aromatic carbocycles. The highest BCUT2D eigenvalue weighted by Gasteiger charge is 2.22. The molecule has 0 saturated carbocycles. The van der Waals surface area contributed by atoms with Crippen molar-refractivity contribution in [1.82, 2.24) is 10.3 Å². The quantitative estimate of drug-likeness (QED) is 0.545. The number of nitrogens with two attached hydrogens (primary N) is 1. The molecule has 0 aliphatic heterocycles. The summed E-state index contributed by atoms with van der Waals surface area (Å²) in [6.45, 7) is 5.33. The molecule has 144 valence electrons. The molecule has 3 N–H and O–H groups in total. The Morgan fingerprint density at radius 3 is 2.48 bits per heavy atom. The number of nitrogens with zero attached hydrogens (tertiary/aromatic N) is 1. The Morgan fingerprint density at radius 1 is 1.19 bits per heavy atom. The molecule has 2 rings (SSSR count). The Labute approximate surface area is 171 Å². The number of aryl methyl sites for hydroxylation is 2. The van der Waals surface area contributed by atoms with Gasteiger partial charge in [0, 0.05) is 0 Å². The molecule has 27 heavy (non-hydrogen) atoms. The zero-order chi connectivity index (χ0) is 20.3. The van der Waals surface area contributed by atoms with E-state index in [9.17, 15) is 9.59 Å². The number of benzene rings is 1. The molecule has 1 atom stereocenters. The lowest BCUT2D eigenvalue weighted by molar-refractivity contribution is -0.124. The van der Waals surface area contributed by atoms with E-state index in [0.29, 0.717) is 0 Å². The summed E-state index contributed by atoms with van der Waals surface area (Å²) in [6, 6.07) is 5.66. The fourth-order valence-corrected chi connectivity index (χ4v) is 2.85. The number of aromatic nitrogens is 1. The third-order valence-corrected chi connectivity index (χ3v) is 5.14. The van der Waals surface area contributed by atoms with Gasteiger partial charge in [0.25, 0.3) is 5.91 Å². The smallest absolute Gasteiger partial charge is 0.359 e. The Hall–Kier alpha value is -2.02. The highest BCUT2D eigenvalue weighted by molar-refractivity contribution is 6.46. The van der Waals surface area contributed by atoms with E-state index in [0.717, 1.165) is 16.7 Å². The van der Waals surface area contributed by atoms with Gasteiger partial charge in [0.2, 0.25) is 0 Å². The first-order chi connectivity index (χ1) is 12.6. The van der Waals surface area contributed by atoms with E-state index < -0.39 is 18.5 Å². The molecule has 2 aromatic rings. The average molecular weight is 431 g/mol. The Kier molecular flexibility index (Phi) is 6.92. The minimum atomic E-state index is -0.931. The van der Waals surface area contributed by atoms with Crippen molar-refractivity contribution in [2.75, 3.05) is 12.3 Å². The van der Waals surface area contributed by atoms with Gasteiger partial charge < -0.3 is 15.8 Å². The zero-order valence-electron chi connectivity index (χ0n) is 14.9. The summed E-state index contributed by atoms with van der Waals surface area (Å²) in [4.78, 5) is 27.9. The second-order valence-electron chi connectivity index (χ2n) is 6.00. The number of anilines is 1. The Morgan fingerprint density at radius 2 is 1.85 bits per heavy atom. The molecular formula is C18H18Cl3N3O3. The summed E-state index contributed by atoms with van der Waals surface area (Å²) < 4.78 is 4.94. The lowest BCUT2D eigenvalue weighted by Gasteiger charge is -2.16. The molecule has 9 heteroatoms. The van der Waals surface area contributed by atoms with Gasteiger partial charge in [0.05, 0.1) is 16.8 Å². The van der Waals surface area contributed by atoms with Crippen LogP contribution < -0.4 is 11.1 Å². The summed E-state index contributed by atoms with van der Waals surface area (Å²) in [7, 11) is 0. The number of carbonyl (C=O) groups excluding carboxylic acids is 2. The number of carbonyl (C=O) groups is 2. The maximum absolute atomic E-state index is 12.1. The van der Waals surface area contributed by atoms with E-state index in [2.05, 4.69) is 10.3 Å². The van der Waals surface area contributed by atoms with Crippen molar-refractivity contribution in [3.05, 3.63) is 55.8 Å². The monoisotopic (exact) mass is 429 g/mol. The van der Waals surface area contributed by atoms with Crippen LogP contribution in [0.3, 0.4) is 0 Å². The van der Waals surface area contributed by atoms with Crippen molar-refractivity contribution in [2.24, 2.45) is 0 Å². The van der Waals surface area contributed by atoms with E-state index in [-0.39, 0.29) is 32.6 Å². The van der Waals surface area contributed by atoms with Crippen LogP contribution in [0.5, 0.6) is 0 Å². The van der Waals surface area contributed by atoms with Crippen molar-refractivity contribution in [3.8, 4) is 0 Å². The molecule has 0 radical (unpaired) electrons. The number of pyridine rings is 1. The first-order valence-electron chi connectivity index (χ1n) is 7.95. The molecule has 1 amide bonds. The minimum absolute atomic E-state index is 0.0572. The second kappa shape index (κ2) is 8.78. The van der Waals surface area contributed by atoms with Crippen LogP contribution in [0.25, 0.3) is 0 Å². The molecular weight excluding hydrogens is 413 g/mol. The first kappa shape index (κ1) is 21.3. The molecule has 0 saturated heterocycles. The van der Waals surface area contributed by atoms with Gasteiger partial charge in [-0.15, -0.1) is 0 Å². The van der Waals surface area contributed by atoms with Gasteiger partial charge in [-0.1, -0.05) is 53.0 Å². The third kappa shape index (κ3) is 5.03. The fourth-order valence-electron chi connectivity index (χ4n) is 2.27. The molecule has 0 fully saturated rings. The van der Waals surface area contributed by atoms with E-state index in [4.69, 9.17) is 45.3 Å². The van der Waals surface area contributed by atoms with E-state index in [1.165, 1.54) is 0 Å². The van der Waals surface area contributed by atoms with Crippen LogP contribution in [-0.4, -0.2) is 23.5 Å². The van der Waals surface area contributed by atoms with Gasteiger partial charge >= 0.3 is 5.97 Å². The Bertz CT molecular complexity index is 903. The van der Waals surface area contributed by atoms with Crippen LogP contribution in [0.1, 0.15) is 40.1 Å². The van der Waals surface area contributed by atoms with Crippen molar-refractivity contribution in [2.45, 2.75) is 26.8 Å². The normalized spacial score (nSPS) is 11.8. The van der Waals surface area contributed by atoms with Gasteiger partial charge in [-0.05, 0) is 37.5 Å². The number of esters is 1. The highest BCUT2D eigenvalue weighted by atomic mass is 35.5. The Balaban J connectivity index is 1.99. The lowest BCUT2D eigenvalue weighted by Crippen LogP contribution is -2.31. The highest BCUT2D eigenvalue weighted by Crippen LogP contribution is 2.34. The summed E-state index contributed by atoms with van der Waals surface area (Å²) >= 11 is 17.5. The molecule has 1 heterocycles. The number of nitrogen functional groups attached to an aromatic ring is 1. The first-order valence-corrected chi connectivity index (χ1v) is 9.08. The number of hydrogen-bond donors (Lipinski definition) is 2. The molecule has 1 aromatic heterocycles. The van der Waals surface area contributed by atoms with Crippen LogP contribution in [-0.2, 0) is 9.53 Å². The van der Waals surface area contributed by atoms with Crippen LogP contribution >= 0.6 is 34.8 Å². The SMILES string of the molecule is Cc1ccc(C(C)NC(=O)COC(=O)c2nc(Cl)c(Cl)c(N)c2Cl)cc1C. The molecule has 1 unspecified atom stereocenters. The molecule has 6 nitrogen and oxygen atoms in total. The largest absolute Gasteiger partial charge is 0.451 e. The summed E-state index contributed by atoms with van der Waals surface area (Å²) in [5.74, 6) is -1.41.